The van der Waals surface area contributed by atoms with Gasteiger partial charge in [-0.1, -0.05) is 243 Å². The fraction of sp³-hybridized carbons (Fsp3) is 0.0769. The molecule has 0 nitrogen and oxygen atoms in total. The molecule has 0 heterocycles. The maximum Gasteiger partial charge on any atom is 1.00 e. The van der Waals surface area contributed by atoms with E-state index in [1.807, 2.05) is 0 Å². The molecule has 8 aromatic carbocycles. The standard InChI is InChI=1S/2C26H24P2.ClH.Ir/c2*1-5-13-23(14-6-1)27(24-15-7-2-8-16-24)21-22-28(25-17-9-3-10-18-25)26-19-11-4-12-20-26;;/h2*1-20H,21-22H2;1H;/q;;;+1/p-1. The van der Waals surface area contributed by atoms with Gasteiger partial charge in [0.25, 0.3) is 0 Å². The van der Waals surface area contributed by atoms with Crippen LogP contribution in [0.1, 0.15) is 0 Å². The molecule has 0 spiro atoms. The molecule has 8 rings (SSSR count). The molecule has 0 aliphatic heterocycles. The van der Waals surface area contributed by atoms with Gasteiger partial charge in [-0.2, -0.15) is 0 Å². The molecule has 0 saturated carbocycles. The van der Waals surface area contributed by atoms with Crippen molar-refractivity contribution in [2.24, 2.45) is 0 Å². The Balaban J connectivity index is 0.000000214. The van der Waals surface area contributed by atoms with Crippen LogP contribution in [0.3, 0.4) is 0 Å². The summed E-state index contributed by atoms with van der Waals surface area (Å²) >= 11 is 0. The van der Waals surface area contributed by atoms with Crippen molar-refractivity contribution >= 4 is 74.1 Å². The first-order chi connectivity index (χ1) is 27.8. The summed E-state index contributed by atoms with van der Waals surface area (Å²) in [6.07, 6.45) is 4.83. The van der Waals surface area contributed by atoms with Crippen molar-refractivity contribution in [2.75, 3.05) is 24.6 Å². The molecular formula is C52H48ClIrP4. The van der Waals surface area contributed by atoms with E-state index in [1.54, 1.807) is 0 Å². The summed E-state index contributed by atoms with van der Waals surface area (Å²) in [5.41, 5.74) is 0. The monoisotopic (exact) mass is 1020 g/mol. The molecule has 0 aliphatic rings. The Morgan fingerprint density at radius 3 is 0.397 bits per heavy atom. The topological polar surface area (TPSA) is 0 Å². The maximum atomic E-state index is 2.30. The minimum Gasteiger partial charge on any atom is -1.00 e. The molecule has 0 saturated heterocycles. The van der Waals surface area contributed by atoms with Crippen LogP contribution >= 0.6 is 31.7 Å². The normalized spacial score (nSPS) is 10.7. The van der Waals surface area contributed by atoms with Crippen molar-refractivity contribution in [3.63, 3.8) is 0 Å². The van der Waals surface area contributed by atoms with Crippen LogP contribution in [0.4, 0.5) is 0 Å². The van der Waals surface area contributed by atoms with E-state index < -0.39 is 0 Å². The Kier molecular flexibility index (Phi) is 19.7. The summed E-state index contributed by atoms with van der Waals surface area (Å²) < 4.78 is 0. The van der Waals surface area contributed by atoms with E-state index in [0.29, 0.717) is 0 Å². The smallest absolute Gasteiger partial charge is 1.00 e. The summed E-state index contributed by atoms with van der Waals surface area (Å²) in [6, 6.07) is 88.4. The van der Waals surface area contributed by atoms with Crippen LogP contribution in [0.15, 0.2) is 243 Å². The van der Waals surface area contributed by atoms with Crippen LogP contribution < -0.4 is 54.8 Å². The van der Waals surface area contributed by atoms with Gasteiger partial charge in [0.1, 0.15) is 0 Å². The van der Waals surface area contributed by atoms with Crippen molar-refractivity contribution in [1.29, 1.82) is 0 Å². The zero-order valence-corrected chi connectivity index (χ0v) is 39.2. The minimum atomic E-state index is -0.348. The van der Waals surface area contributed by atoms with Gasteiger partial charge in [0.2, 0.25) is 0 Å². The van der Waals surface area contributed by atoms with Gasteiger partial charge in [0.15, 0.2) is 0 Å². The van der Waals surface area contributed by atoms with Gasteiger partial charge in [-0.25, -0.2) is 0 Å². The molecule has 0 radical (unpaired) electrons. The van der Waals surface area contributed by atoms with E-state index in [-0.39, 0.29) is 64.2 Å². The van der Waals surface area contributed by atoms with Crippen molar-refractivity contribution in [3.8, 4) is 0 Å². The molecule has 8 aromatic rings. The van der Waals surface area contributed by atoms with E-state index in [4.69, 9.17) is 0 Å². The second kappa shape index (κ2) is 25.1. The Hall–Kier alpha value is -3.58. The van der Waals surface area contributed by atoms with Gasteiger partial charge < -0.3 is 12.4 Å². The third-order valence-corrected chi connectivity index (χ3v) is 20.4. The summed E-state index contributed by atoms with van der Waals surface area (Å²) in [5.74, 6) is 0. The summed E-state index contributed by atoms with van der Waals surface area (Å²) in [5, 5.41) is 11.8. The molecule has 0 aliphatic carbocycles. The first-order valence-corrected chi connectivity index (χ1v) is 25.4. The quantitative estimate of drug-likeness (QED) is 0.0992. The molecule has 58 heavy (non-hydrogen) atoms. The molecule has 6 heteroatoms. The third kappa shape index (κ3) is 13.2. The predicted molar refractivity (Wildman–Crippen MR) is 256 cm³/mol. The number of hydrogen-bond donors (Lipinski definition) is 0. The molecule has 0 aromatic heterocycles. The number of hydrogen-bond acceptors (Lipinski definition) is 0. The summed E-state index contributed by atoms with van der Waals surface area (Å²) in [4.78, 5) is 0. The van der Waals surface area contributed by atoms with Gasteiger partial charge >= 0.3 is 20.1 Å². The maximum absolute atomic E-state index is 2.30. The zero-order valence-electron chi connectivity index (χ0n) is 32.4. The summed E-state index contributed by atoms with van der Waals surface area (Å²) in [6.45, 7) is 0. The van der Waals surface area contributed by atoms with Gasteiger partial charge in [-0.15, -0.1) is 0 Å². The van der Waals surface area contributed by atoms with Crippen LogP contribution in [-0.2, 0) is 20.1 Å². The number of halogens is 1. The SMILES string of the molecule is [Cl-].[Ir+].c1ccc(P(CCP(c2ccccc2)c2ccccc2)c2ccccc2)cc1.c1ccc(P(CCP(c2ccccc2)c2ccccc2)c2ccccc2)cc1. The van der Waals surface area contributed by atoms with E-state index in [9.17, 15) is 0 Å². The van der Waals surface area contributed by atoms with Crippen LogP contribution in [0, 0.1) is 0 Å². The summed E-state index contributed by atoms with van der Waals surface area (Å²) in [7, 11) is -1.39. The Bertz CT molecular complexity index is 1760. The average Bonchev–Trinajstić information content (AvgIpc) is 3.29. The van der Waals surface area contributed by atoms with Crippen molar-refractivity contribution < 1.29 is 32.5 Å². The Morgan fingerprint density at radius 1 is 0.190 bits per heavy atom. The second-order valence-electron chi connectivity index (χ2n) is 13.3. The van der Waals surface area contributed by atoms with E-state index in [0.717, 1.165) is 0 Å². The zero-order chi connectivity index (χ0) is 38.0. The molecule has 0 atom stereocenters. The van der Waals surface area contributed by atoms with E-state index in [2.05, 4.69) is 243 Å². The number of rotatable bonds is 14. The third-order valence-electron chi connectivity index (χ3n) is 9.64. The van der Waals surface area contributed by atoms with Crippen LogP contribution in [0.25, 0.3) is 0 Å². The fourth-order valence-corrected chi connectivity index (χ4v) is 17.6. The molecule has 0 amide bonds. The van der Waals surface area contributed by atoms with Gasteiger partial charge in [0.05, 0.1) is 0 Å². The largest absolute Gasteiger partial charge is 1.00 e. The molecular weight excluding hydrogens is 976 g/mol. The fourth-order valence-electron chi connectivity index (χ4n) is 6.89. The second-order valence-corrected chi connectivity index (χ2v) is 22.6. The molecule has 0 fully saturated rings. The van der Waals surface area contributed by atoms with Crippen LogP contribution in [0.2, 0.25) is 0 Å². The van der Waals surface area contributed by atoms with Crippen LogP contribution in [0.5, 0.6) is 0 Å². The number of benzene rings is 8. The van der Waals surface area contributed by atoms with E-state index >= 15 is 0 Å². The predicted octanol–water partition coefficient (Wildman–Crippen LogP) is 7.51. The Labute approximate surface area is 371 Å². The van der Waals surface area contributed by atoms with Crippen molar-refractivity contribution in [2.45, 2.75) is 0 Å². The molecule has 0 N–H and O–H groups in total. The van der Waals surface area contributed by atoms with Gasteiger partial charge in [-0.3, -0.25) is 0 Å². The molecule has 292 valence electrons. The minimum absolute atomic E-state index is 0. The van der Waals surface area contributed by atoms with Crippen molar-refractivity contribution in [1.82, 2.24) is 0 Å². The molecule has 0 bridgehead atoms. The first-order valence-electron chi connectivity index (χ1n) is 19.3. The Morgan fingerprint density at radius 2 is 0.293 bits per heavy atom. The van der Waals surface area contributed by atoms with Crippen molar-refractivity contribution in [3.05, 3.63) is 243 Å². The van der Waals surface area contributed by atoms with Gasteiger partial charge in [-0.05, 0) is 98.8 Å². The van der Waals surface area contributed by atoms with Crippen LogP contribution in [-0.4, -0.2) is 24.6 Å². The first kappa shape index (κ1) is 45.5. The van der Waals surface area contributed by atoms with Gasteiger partial charge in [0, 0.05) is 0 Å². The van der Waals surface area contributed by atoms with E-state index in [1.165, 1.54) is 67.1 Å². The average molecular weight is 1020 g/mol. The molecule has 0 unspecified atom stereocenters.